The molecule has 4 rings (SSSR count). The first-order chi connectivity index (χ1) is 12.6. The van der Waals surface area contributed by atoms with Gasteiger partial charge in [-0.2, -0.15) is 5.10 Å². The third kappa shape index (κ3) is 2.96. The van der Waals surface area contributed by atoms with E-state index in [0.29, 0.717) is 0 Å². The molecular weight excluding hydrogens is 322 g/mol. The number of aliphatic imine (C=N–C) groups is 1. The molecule has 0 radical (unpaired) electrons. The summed E-state index contributed by atoms with van der Waals surface area (Å²) in [5.74, 6) is 0. The summed E-state index contributed by atoms with van der Waals surface area (Å²) in [5.41, 5.74) is 7.22. The van der Waals surface area contributed by atoms with E-state index >= 15 is 0 Å². The molecule has 3 heterocycles. The van der Waals surface area contributed by atoms with Crippen molar-refractivity contribution in [2.24, 2.45) is 4.99 Å². The van der Waals surface area contributed by atoms with Crippen LogP contribution in [-0.2, 0) is 6.42 Å². The van der Waals surface area contributed by atoms with Crippen LogP contribution >= 0.6 is 0 Å². The van der Waals surface area contributed by atoms with Gasteiger partial charge < -0.3 is 0 Å². The van der Waals surface area contributed by atoms with Crippen molar-refractivity contribution in [1.82, 2.24) is 19.6 Å². The Morgan fingerprint density at radius 1 is 1.12 bits per heavy atom. The zero-order chi connectivity index (χ0) is 18.1. The number of fused-ring (bicyclic) bond motifs is 2. The molecule has 1 aromatic carbocycles. The Morgan fingerprint density at radius 3 is 2.85 bits per heavy atom. The van der Waals surface area contributed by atoms with Gasteiger partial charge in [-0.3, -0.25) is 15.0 Å². The average Bonchev–Trinajstić information content (AvgIpc) is 3.09. The number of hydrogen-bond donors (Lipinski definition) is 0. The molecule has 0 bridgehead atoms. The van der Waals surface area contributed by atoms with Crippen LogP contribution in [0.25, 0.3) is 16.4 Å². The molecule has 0 unspecified atom stereocenters. The quantitative estimate of drug-likeness (QED) is 0.511. The minimum absolute atomic E-state index is 0.831. The maximum Gasteiger partial charge on any atom is 0.0960 e. The van der Waals surface area contributed by atoms with Gasteiger partial charge in [-0.15, -0.1) is 0 Å². The molecule has 0 saturated carbocycles. The van der Waals surface area contributed by atoms with E-state index in [1.807, 2.05) is 43.0 Å². The summed E-state index contributed by atoms with van der Waals surface area (Å²) < 4.78 is 1.97. The molecule has 3 aromatic heterocycles. The summed E-state index contributed by atoms with van der Waals surface area (Å²) in [7, 11) is 0. The van der Waals surface area contributed by atoms with Gasteiger partial charge in [0.25, 0.3) is 0 Å². The summed E-state index contributed by atoms with van der Waals surface area (Å²) in [6.07, 6.45) is 7.32. The molecule has 5 heteroatoms. The van der Waals surface area contributed by atoms with E-state index in [1.54, 1.807) is 0 Å². The van der Waals surface area contributed by atoms with E-state index in [9.17, 15) is 0 Å². The van der Waals surface area contributed by atoms with Crippen molar-refractivity contribution in [2.75, 3.05) is 0 Å². The zero-order valence-corrected chi connectivity index (χ0v) is 15.3. The molecule has 0 atom stereocenters. The molecule has 0 aliphatic rings. The zero-order valence-electron chi connectivity index (χ0n) is 15.3. The highest BCUT2D eigenvalue weighted by Gasteiger charge is 2.07. The van der Waals surface area contributed by atoms with Gasteiger partial charge in [0.1, 0.15) is 0 Å². The van der Waals surface area contributed by atoms with E-state index in [0.717, 1.165) is 57.6 Å². The van der Waals surface area contributed by atoms with Gasteiger partial charge in [0, 0.05) is 24.0 Å². The lowest BCUT2D eigenvalue weighted by atomic mass is 10.1. The number of hydrogen-bond acceptors (Lipinski definition) is 4. The Bertz CT molecular complexity index is 1090. The molecule has 5 nitrogen and oxygen atoms in total. The number of pyridine rings is 1. The summed E-state index contributed by atoms with van der Waals surface area (Å²) in [5, 5.41) is 5.80. The number of aryl methyl sites for hydroxylation is 4. The van der Waals surface area contributed by atoms with Crippen molar-refractivity contribution in [1.29, 1.82) is 0 Å². The van der Waals surface area contributed by atoms with Crippen LogP contribution in [0.3, 0.4) is 0 Å². The van der Waals surface area contributed by atoms with Gasteiger partial charge in [-0.05, 0) is 51.3 Å². The summed E-state index contributed by atoms with van der Waals surface area (Å²) in [6, 6.07) is 10.3. The van der Waals surface area contributed by atoms with Crippen LogP contribution in [0.4, 0.5) is 5.69 Å². The molecular formula is C21H21N5. The van der Waals surface area contributed by atoms with Gasteiger partial charge in [-0.25, -0.2) is 4.52 Å². The summed E-state index contributed by atoms with van der Waals surface area (Å²) in [4.78, 5) is 13.6. The molecule has 0 saturated heterocycles. The summed E-state index contributed by atoms with van der Waals surface area (Å²) >= 11 is 0. The molecule has 0 fully saturated rings. The molecule has 0 aliphatic carbocycles. The number of rotatable bonds is 4. The first-order valence-electron chi connectivity index (χ1n) is 8.81. The second kappa shape index (κ2) is 6.67. The number of aromatic nitrogens is 4. The highest BCUT2D eigenvalue weighted by Crippen LogP contribution is 2.27. The minimum Gasteiger partial charge on any atom is -0.259 e. The van der Waals surface area contributed by atoms with Crippen molar-refractivity contribution in [3.63, 3.8) is 0 Å². The van der Waals surface area contributed by atoms with E-state index in [2.05, 4.69) is 46.3 Å². The fourth-order valence-electron chi connectivity index (χ4n) is 3.15. The van der Waals surface area contributed by atoms with E-state index in [1.165, 1.54) is 0 Å². The Balaban J connectivity index is 1.54. The monoisotopic (exact) mass is 343 g/mol. The number of nitrogens with zero attached hydrogens (tertiary/aromatic N) is 5. The lowest BCUT2D eigenvalue weighted by Crippen LogP contribution is -1.97. The highest BCUT2D eigenvalue weighted by atomic mass is 15.2. The second-order valence-electron chi connectivity index (χ2n) is 6.57. The van der Waals surface area contributed by atoms with Crippen LogP contribution in [-0.4, -0.2) is 25.8 Å². The van der Waals surface area contributed by atoms with Crippen LogP contribution in [0.5, 0.6) is 0 Å². The lowest BCUT2D eigenvalue weighted by Gasteiger charge is -2.04. The van der Waals surface area contributed by atoms with Gasteiger partial charge in [0.15, 0.2) is 0 Å². The van der Waals surface area contributed by atoms with Crippen molar-refractivity contribution >= 4 is 28.3 Å². The largest absolute Gasteiger partial charge is 0.259 e. The maximum absolute atomic E-state index is 4.70. The normalized spacial score (nSPS) is 11.8. The van der Waals surface area contributed by atoms with Crippen LogP contribution in [0.15, 0.2) is 47.7 Å². The van der Waals surface area contributed by atoms with Gasteiger partial charge in [-0.1, -0.05) is 18.2 Å². The highest BCUT2D eigenvalue weighted by molar-refractivity contribution is 5.91. The van der Waals surface area contributed by atoms with Gasteiger partial charge >= 0.3 is 0 Å². The maximum atomic E-state index is 4.70. The van der Waals surface area contributed by atoms with E-state index in [4.69, 9.17) is 4.99 Å². The first kappa shape index (κ1) is 16.4. The topological polar surface area (TPSA) is 55.4 Å². The lowest BCUT2D eigenvalue weighted by molar-refractivity contribution is 0.842. The Kier molecular flexibility index (Phi) is 4.21. The standard InChI is InChI=1S/C21H21N5/c1-14-8-9-17-6-4-10-23-21(17)20(14)22-11-5-7-18-12-19-16(3)24-13-15(2)26(19)25-18/h4,6,8-13H,5,7H2,1-3H3/b22-11+. The molecule has 0 spiro atoms. The van der Waals surface area contributed by atoms with E-state index < -0.39 is 0 Å². The fraction of sp³-hybridized carbons (Fsp3) is 0.238. The van der Waals surface area contributed by atoms with E-state index in [-0.39, 0.29) is 0 Å². The SMILES string of the molecule is Cc1ccc2cccnc2c1/N=C/CCc1cc2c(C)ncc(C)n2n1. The molecule has 0 aliphatic heterocycles. The molecule has 0 amide bonds. The Morgan fingerprint density at radius 2 is 2.00 bits per heavy atom. The predicted octanol–water partition coefficient (Wildman–Crippen LogP) is 4.54. The van der Waals surface area contributed by atoms with Crippen LogP contribution in [0.1, 0.15) is 29.1 Å². The fourth-order valence-corrected chi connectivity index (χ4v) is 3.15. The third-order valence-electron chi connectivity index (χ3n) is 4.61. The van der Waals surface area contributed by atoms with Crippen molar-refractivity contribution in [2.45, 2.75) is 33.6 Å². The minimum atomic E-state index is 0.831. The van der Waals surface area contributed by atoms with Gasteiger partial charge in [0.05, 0.1) is 33.8 Å². The molecule has 4 aromatic rings. The third-order valence-corrected chi connectivity index (χ3v) is 4.61. The second-order valence-corrected chi connectivity index (χ2v) is 6.57. The smallest absolute Gasteiger partial charge is 0.0960 e. The summed E-state index contributed by atoms with van der Waals surface area (Å²) in [6.45, 7) is 6.10. The number of benzene rings is 1. The average molecular weight is 343 g/mol. The Hall–Kier alpha value is -3.08. The van der Waals surface area contributed by atoms with Crippen molar-refractivity contribution < 1.29 is 0 Å². The van der Waals surface area contributed by atoms with Crippen LogP contribution in [0.2, 0.25) is 0 Å². The predicted molar refractivity (Wildman–Crippen MR) is 105 cm³/mol. The molecule has 130 valence electrons. The molecule has 26 heavy (non-hydrogen) atoms. The van der Waals surface area contributed by atoms with Crippen LogP contribution in [0, 0.1) is 20.8 Å². The van der Waals surface area contributed by atoms with Gasteiger partial charge in [0.2, 0.25) is 0 Å². The molecule has 0 N–H and O–H groups in total. The first-order valence-corrected chi connectivity index (χ1v) is 8.81. The van der Waals surface area contributed by atoms with Crippen LogP contribution < -0.4 is 0 Å². The Labute approximate surface area is 152 Å². The van der Waals surface area contributed by atoms with Crippen molar-refractivity contribution in [3.05, 3.63) is 65.4 Å². The van der Waals surface area contributed by atoms with Crippen molar-refractivity contribution in [3.8, 4) is 0 Å².